The third-order valence-corrected chi connectivity index (χ3v) is 5.79. The zero-order valence-electron chi connectivity index (χ0n) is 17.1. The maximum absolute atomic E-state index is 13.9. The van der Waals surface area contributed by atoms with Gasteiger partial charge < -0.3 is 19.9 Å². The summed E-state index contributed by atoms with van der Waals surface area (Å²) >= 11 is 0. The molecule has 2 heterocycles. The van der Waals surface area contributed by atoms with Crippen LogP contribution in [0.25, 0.3) is 0 Å². The van der Waals surface area contributed by atoms with Gasteiger partial charge in [0.15, 0.2) is 0 Å². The first kappa shape index (κ1) is 20.2. The molecule has 2 fully saturated rings. The Labute approximate surface area is 175 Å². The Morgan fingerprint density at radius 1 is 1.10 bits per heavy atom. The molecule has 2 aromatic carbocycles. The first-order valence-electron chi connectivity index (χ1n) is 10.3. The fourth-order valence-corrected chi connectivity index (χ4v) is 4.15. The number of amides is 2. The van der Waals surface area contributed by atoms with Gasteiger partial charge in [0.2, 0.25) is 11.8 Å². The van der Waals surface area contributed by atoms with Crippen molar-refractivity contribution in [2.75, 3.05) is 41.9 Å². The van der Waals surface area contributed by atoms with E-state index in [1.54, 1.807) is 42.3 Å². The van der Waals surface area contributed by atoms with Gasteiger partial charge in [-0.3, -0.25) is 9.59 Å². The Balaban J connectivity index is 1.48. The molecule has 1 N–H and O–H groups in total. The van der Waals surface area contributed by atoms with Gasteiger partial charge >= 0.3 is 0 Å². The maximum Gasteiger partial charge on any atom is 0.229 e. The molecule has 30 heavy (non-hydrogen) atoms. The fraction of sp³-hybridized carbons (Fsp3) is 0.391. The summed E-state index contributed by atoms with van der Waals surface area (Å²) < 4.78 is 19.1. The van der Waals surface area contributed by atoms with Crippen molar-refractivity contribution in [2.24, 2.45) is 5.92 Å². The summed E-state index contributed by atoms with van der Waals surface area (Å²) in [6, 6.07) is 11.7. The molecule has 7 heteroatoms. The number of hydrogen-bond acceptors (Lipinski definition) is 4. The molecule has 0 bridgehead atoms. The minimum Gasteiger partial charge on any atom is -0.497 e. The monoisotopic (exact) mass is 411 g/mol. The van der Waals surface area contributed by atoms with Crippen molar-refractivity contribution in [3.63, 3.8) is 0 Å². The highest BCUT2D eigenvalue weighted by molar-refractivity contribution is 6.04. The number of benzene rings is 2. The quantitative estimate of drug-likeness (QED) is 0.813. The number of ether oxygens (including phenoxy) is 1. The van der Waals surface area contributed by atoms with Gasteiger partial charge in [-0.05, 0) is 61.7 Å². The van der Waals surface area contributed by atoms with Crippen LogP contribution in [0.5, 0.6) is 5.75 Å². The third kappa shape index (κ3) is 4.25. The fourth-order valence-electron chi connectivity index (χ4n) is 4.15. The predicted octanol–water partition coefficient (Wildman–Crippen LogP) is 3.82. The molecular weight excluding hydrogens is 385 g/mol. The van der Waals surface area contributed by atoms with E-state index in [0.717, 1.165) is 37.3 Å². The van der Waals surface area contributed by atoms with Crippen LogP contribution in [0.15, 0.2) is 42.5 Å². The summed E-state index contributed by atoms with van der Waals surface area (Å²) in [5, 5.41) is 2.88. The molecule has 6 nitrogen and oxygen atoms in total. The van der Waals surface area contributed by atoms with Crippen LogP contribution in [-0.2, 0) is 9.59 Å². The van der Waals surface area contributed by atoms with E-state index in [-0.39, 0.29) is 18.2 Å². The minimum atomic E-state index is -0.489. The van der Waals surface area contributed by atoms with Crippen LogP contribution in [-0.4, -0.2) is 38.6 Å². The van der Waals surface area contributed by atoms with Gasteiger partial charge in [-0.25, -0.2) is 4.39 Å². The van der Waals surface area contributed by atoms with Crippen molar-refractivity contribution >= 4 is 28.9 Å². The number of hydrogen-bond donors (Lipinski definition) is 1. The van der Waals surface area contributed by atoms with Gasteiger partial charge in [-0.1, -0.05) is 0 Å². The van der Waals surface area contributed by atoms with Crippen molar-refractivity contribution in [1.29, 1.82) is 0 Å². The Morgan fingerprint density at radius 3 is 2.53 bits per heavy atom. The summed E-state index contributed by atoms with van der Waals surface area (Å²) in [6.45, 7) is 2.08. The van der Waals surface area contributed by atoms with Crippen LogP contribution >= 0.6 is 0 Å². The van der Waals surface area contributed by atoms with Crippen molar-refractivity contribution in [1.82, 2.24) is 0 Å². The molecule has 0 saturated carbocycles. The number of halogens is 1. The van der Waals surface area contributed by atoms with Crippen LogP contribution in [0, 0.1) is 11.7 Å². The van der Waals surface area contributed by atoms with E-state index in [9.17, 15) is 14.0 Å². The smallest absolute Gasteiger partial charge is 0.229 e. The number of nitrogens with zero attached hydrogens (tertiary/aromatic N) is 2. The van der Waals surface area contributed by atoms with E-state index in [0.29, 0.717) is 18.0 Å². The zero-order valence-corrected chi connectivity index (χ0v) is 17.1. The molecule has 0 spiro atoms. The van der Waals surface area contributed by atoms with E-state index < -0.39 is 11.7 Å². The van der Waals surface area contributed by atoms with Gasteiger partial charge in [-0.15, -0.1) is 0 Å². The molecule has 0 aromatic heterocycles. The van der Waals surface area contributed by atoms with Crippen LogP contribution in [0.2, 0.25) is 0 Å². The summed E-state index contributed by atoms with van der Waals surface area (Å²) in [5.41, 5.74) is 2.04. The molecule has 158 valence electrons. The van der Waals surface area contributed by atoms with Gasteiger partial charge in [0.1, 0.15) is 11.6 Å². The Kier molecular flexibility index (Phi) is 5.88. The maximum atomic E-state index is 13.9. The summed E-state index contributed by atoms with van der Waals surface area (Å²) in [7, 11) is 1.58. The largest absolute Gasteiger partial charge is 0.497 e. The van der Waals surface area contributed by atoms with E-state index in [1.165, 1.54) is 18.6 Å². The number of rotatable bonds is 5. The Hall–Kier alpha value is -3.09. The molecule has 2 aliphatic rings. The van der Waals surface area contributed by atoms with Crippen LogP contribution in [0.4, 0.5) is 21.5 Å². The lowest BCUT2D eigenvalue weighted by Crippen LogP contribution is -2.32. The number of carbonyl (C=O) groups excluding carboxylic acids is 2. The molecule has 2 aliphatic heterocycles. The molecule has 1 unspecified atom stereocenters. The highest BCUT2D eigenvalue weighted by Gasteiger charge is 2.35. The second-order valence-electron chi connectivity index (χ2n) is 7.80. The standard InChI is InChI=1S/C23H26FN3O3/c1-30-19-8-6-18(7-9-19)27-15-16(13-22(27)28)23(29)25-20-14-17(24)5-10-21(20)26-11-3-2-4-12-26/h5-10,14,16H,2-4,11-13,15H2,1H3,(H,25,29). The highest BCUT2D eigenvalue weighted by Crippen LogP contribution is 2.32. The molecular formula is C23H26FN3O3. The number of carbonyl (C=O) groups is 2. The van der Waals surface area contributed by atoms with Crippen LogP contribution in [0.3, 0.4) is 0 Å². The summed E-state index contributed by atoms with van der Waals surface area (Å²) in [4.78, 5) is 29.2. The molecule has 2 saturated heterocycles. The SMILES string of the molecule is COc1ccc(N2CC(C(=O)Nc3cc(F)ccc3N3CCCCC3)CC2=O)cc1. The van der Waals surface area contributed by atoms with Gasteiger partial charge in [-0.2, -0.15) is 0 Å². The van der Waals surface area contributed by atoms with E-state index in [4.69, 9.17) is 4.74 Å². The average molecular weight is 411 g/mol. The van der Waals surface area contributed by atoms with Gasteiger partial charge in [0.25, 0.3) is 0 Å². The first-order valence-corrected chi connectivity index (χ1v) is 10.3. The lowest BCUT2D eigenvalue weighted by Gasteiger charge is -2.30. The zero-order chi connectivity index (χ0) is 21.1. The van der Waals surface area contributed by atoms with E-state index in [2.05, 4.69) is 10.2 Å². The number of anilines is 3. The number of nitrogens with one attached hydrogen (secondary N) is 1. The molecule has 4 rings (SSSR count). The highest BCUT2D eigenvalue weighted by atomic mass is 19.1. The second kappa shape index (κ2) is 8.73. The lowest BCUT2D eigenvalue weighted by molar-refractivity contribution is -0.122. The second-order valence-corrected chi connectivity index (χ2v) is 7.80. The van der Waals surface area contributed by atoms with Crippen LogP contribution in [0.1, 0.15) is 25.7 Å². The summed E-state index contributed by atoms with van der Waals surface area (Å²) in [6.07, 6.45) is 3.48. The van der Waals surface area contributed by atoms with Gasteiger partial charge in [0.05, 0.1) is 24.4 Å². The Morgan fingerprint density at radius 2 is 1.83 bits per heavy atom. The molecule has 0 radical (unpaired) electrons. The normalized spacial score (nSPS) is 19.1. The van der Waals surface area contributed by atoms with E-state index in [1.807, 2.05) is 0 Å². The number of methoxy groups -OCH3 is 1. The lowest BCUT2D eigenvalue weighted by atomic mass is 10.1. The topological polar surface area (TPSA) is 61.9 Å². The average Bonchev–Trinajstić information content (AvgIpc) is 3.16. The predicted molar refractivity (Wildman–Crippen MR) is 115 cm³/mol. The molecule has 2 amide bonds. The Bertz CT molecular complexity index is 926. The van der Waals surface area contributed by atoms with Crippen molar-refractivity contribution in [3.05, 3.63) is 48.3 Å². The van der Waals surface area contributed by atoms with Crippen molar-refractivity contribution < 1.29 is 18.7 Å². The van der Waals surface area contributed by atoms with Crippen molar-refractivity contribution in [2.45, 2.75) is 25.7 Å². The molecule has 0 aliphatic carbocycles. The first-order chi connectivity index (χ1) is 14.5. The minimum absolute atomic E-state index is 0.101. The number of piperidine rings is 1. The van der Waals surface area contributed by atoms with Crippen molar-refractivity contribution in [3.8, 4) is 5.75 Å². The third-order valence-electron chi connectivity index (χ3n) is 5.79. The summed E-state index contributed by atoms with van der Waals surface area (Å²) in [5.74, 6) is -0.541. The van der Waals surface area contributed by atoms with Crippen LogP contribution < -0.4 is 19.9 Å². The molecule has 2 aromatic rings. The van der Waals surface area contributed by atoms with Gasteiger partial charge in [0, 0.05) is 31.7 Å². The van der Waals surface area contributed by atoms with E-state index >= 15 is 0 Å². The molecule has 1 atom stereocenters.